The van der Waals surface area contributed by atoms with Gasteiger partial charge in [0.2, 0.25) is 0 Å². The van der Waals surface area contributed by atoms with E-state index in [1.54, 1.807) is 11.3 Å². The van der Waals surface area contributed by atoms with Crippen molar-refractivity contribution in [3.8, 4) is 0 Å². The van der Waals surface area contributed by atoms with E-state index < -0.39 is 11.4 Å². The van der Waals surface area contributed by atoms with Crippen LogP contribution in [0.5, 0.6) is 0 Å². The van der Waals surface area contributed by atoms with Gasteiger partial charge >= 0.3 is 5.97 Å². The molecule has 0 spiro atoms. The number of ether oxygens (including phenoxy) is 1. The molecule has 1 fully saturated rings. The Labute approximate surface area is 119 Å². The third-order valence-electron chi connectivity index (χ3n) is 3.76. The molecule has 0 saturated carbocycles. The third kappa shape index (κ3) is 2.34. The van der Waals surface area contributed by atoms with Crippen molar-refractivity contribution < 1.29 is 14.6 Å². The van der Waals surface area contributed by atoms with Gasteiger partial charge < -0.3 is 15.2 Å². The fourth-order valence-electron chi connectivity index (χ4n) is 2.41. The lowest BCUT2D eigenvalue weighted by Gasteiger charge is -2.33. The third-order valence-corrected chi connectivity index (χ3v) is 4.58. The fraction of sp³-hybridized carbons (Fsp3) is 0.462. The largest absolute Gasteiger partial charge is 0.481 e. The Balaban J connectivity index is 1.80. The number of nitrogens with one attached hydrogen (secondary N) is 1. The van der Waals surface area contributed by atoms with Crippen molar-refractivity contribution in [3.63, 3.8) is 0 Å². The number of thiophene rings is 1. The summed E-state index contributed by atoms with van der Waals surface area (Å²) in [6.45, 7) is 1.34. The summed E-state index contributed by atoms with van der Waals surface area (Å²) >= 11 is 1.54. The molecule has 7 heteroatoms. The van der Waals surface area contributed by atoms with Crippen LogP contribution in [-0.4, -0.2) is 40.8 Å². The van der Waals surface area contributed by atoms with Crippen molar-refractivity contribution >= 4 is 33.3 Å². The number of fused-ring (bicyclic) bond motifs is 1. The molecule has 0 aromatic carbocycles. The lowest BCUT2D eigenvalue weighted by Crippen LogP contribution is -2.42. The zero-order chi connectivity index (χ0) is 14.0. The second kappa shape index (κ2) is 5.34. The number of aromatic nitrogens is 2. The molecule has 2 aromatic rings. The summed E-state index contributed by atoms with van der Waals surface area (Å²) in [6, 6.07) is 1.94. The van der Waals surface area contributed by atoms with Gasteiger partial charge in [0, 0.05) is 19.8 Å². The van der Waals surface area contributed by atoms with Gasteiger partial charge in [-0.25, -0.2) is 9.97 Å². The lowest BCUT2D eigenvalue weighted by molar-refractivity contribution is -0.153. The lowest BCUT2D eigenvalue weighted by atomic mass is 9.80. The molecule has 1 aliphatic rings. The number of nitrogens with zero attached hydrogens (tertiary/aromatic N) is 2. The molecule has 20 heavy (non-hydrogen) atoms. The number of carbonyl (C=O) groups is 1. The summed E-state index contributed by atoms with van der Waals surface area (Å²) in [5, 5.41) is 15.6. The minimum Gasteiger partial charge on any atom is -0.481 e. The number of rotatable bonds is 4. The second-order valence-corrected chi connectivity index (χ2v) is 5.81. The normalized spacial score (nSPS) is 18.0. The van der Waals surface area contributed by atoms with Gasteiger partial charge in [-0.3, -0.25) is 4.79 Å². The molecule has 106 valence electrons. The topological polar surface area (TPSA) is 84.3 Å². The summed E-state index contributed by atoms with van der Waals surface area (Å²) in [6.07, 6.45) is 2.54. The van der Waals surface area contributed by atoms with Crippen LogP contribution in [0, 0.1) is 5.41 Å². The number of hydrogen-bond donors (Lipinski definition) is 2. The van der Waals surface area contributed by atoms with Crippen LogP contribution in [0.15, 0.2) is 17.8 Å². The van der Waals surface area contributed by atoms with E-state index in [4.69, 9.17) is 4.74 Å². The Hall–Kier alpha value is -1.73. The number of carboxylic acid groups (broad SMARTS) is 1. The fourth-order valence-corrected chi connectivity index (χ4v) is 3.14. The summed E-state index contributed by atoms with van der Waals surface area (Å²) in [5.41, 5.74) is -0.772. The van der Waals surface area contributed by atoms with Gasteiger partial charge in [-0.15, -0.1) is 11.3 Å². The molecule has 6 nitrogen and oxygen atoms in total. The standard InChI is InChI=1S/C13H15N3O3S/c17-12(18)13(2-4-19-5-3-13)7-14-10-9-1-6-20-11(9)16-8-15-10/h1,6,8H,2-5,7H2,(H,17,18)(H,14,15,16). The molecular weight excluding hydrogens is 278 g/mol. The van der Waals surface area contributed by atoms with E-state index >= 15 is 0 Å². The van der Waals surface area contributed by atoms with Crippen LogP contribution in [0.2, 0.25) is 0 Å². The van der Waals surface area contributed by atoms with Crippen LogP contribution in [-0.2, 0) is 9.53 Å². The van der Waals surface area contributed by atoms with Gasteiger partial charge in [0.25, 0.3) is 0 Å². The van der Waals surface area contributed by atoms with Gasteiger partial charge in [-0.05, 0) is 24.3 Å². The highest BCUT2D eigenvalue weighted by Crippen LogP contribution is 2.32. The van der Waals surface area contributed by atoms with E-state index in [9.17, 15) is 9.90 Å². The summed E-state index contributed by atoms with van der Waals surface area (Å²) in [5.74, 6) is -0.0766. The van der Waals surface area contributed by atoms with Crippen molar-refractivity contribution in [2.75, 3.05) is 25.1 Å². The molecule has 1 saturated heterocycles. The molecule has 3 rings (SSSR count). The molecule has 0 atom stereocenters. The predicted molar refractivity (Wildman–Crippen MR) is 76.0 cm³/mol. The van der Waals surface area contributed by atoms with Crippen LogP contribution >= 0.6 is 11.3 Å². The first-order valence-electron chi connectivity index (χ1n) is 6.44. The van der Waals surface area contributed by atoms with Crippen molar-refractivity contribution in [2.24, 2.45) is 5.41 Å². The Morgan fingerprint density at radius 3 is 3.00 bits per heavy atom. The predicted octanol–water partition coefficient (Wildman–Crippen LogP) is 1.98. The van der Waals surface area contributed by atoms with Gasteiger partial charge in [0.1, 0.15) is 17.0 Å². The summed E-state index contributed by atoms with van der Waals surface area (Å²) < 4.78 is 5.27. The Kier molecular flexibility index (Phi) is 3.54. The number of hydrogen-bond acceptors (Lipinski definition) is 6. The molecule has 1 aliphatic heterocycles. The van der Waals surface area contributed by atoms with Crippen molar-refractivity contribution in [1.82, 2.24) is 9.97 Å². The molecule has 0 aliphatic carbocycles. The monoisotopic (exact) mass is 293 g/mol. The average Bonchev–Trinajstić information content (AvgIpc) is 2.95. The van der Waals surface area contributed by atoms with Gasteiger partial charge in [-0.2, -0.15) is 0 Å². The molecule has 3 heterocycles. The molecule has 0 bridgehead atoms. The maximum atomic E-state index is 11.6. The van der Waals surface area contributed by atoms with Crippen molar-refractivity contribution in [2.45, 2.75) is 12.8 Å². The Morgan fingerprint density at radius 1 is 1.45 bits per heavy atom. The van der Waals surface area contributed by atoms with E-state index in [2.05, 4.69) is 15.3 Å². The van der Waals surface area contributed by atoms with Crippen molar-refractivity contribution in [1.29, 1.82) is 0 Å². The number of aliphatic carboxylic acids is 1. The molecule has 2 N–H and O–H groups in total. The molecule has 0 unspecified atom stereocenters. The van der Waals surface area contributed by atoms with Crippen LogP contribution in [0.4, 0.5) is 5.82 Å². The van der Waals surface area contributed by atoms with Crippen LogP contribution in [0.25, 0.3) is 10.2 Å². The maximum absolute atomic E-state index is 11.6. The first-order chi connectivity index (χ1) is 9.71. The zero-order valence-corrected chi connectivity index (χ0v) is 11.7. The highest BCUT2D eigenvalue weighted by Gasteiger charge is 2.40. The SMILES string of the molecule is O=C(O)C1(CNc2ncnc3sccc23)CCOCC1. The highest BCUT2D eigenvalue weighted by atomic mass is 32.1. The smallest absolute Gasteiger partial charge is 0.311 e. The van der Waals surface area contributed by atoms with E-state index in [0.29, 0.717) is 38.4 Å². The van der Waals surface area contributed by atoms with E-state index in [-0.39, 0.29) is 0 Å². The van der Waals surface area contributed by atoms with Crippen LogP contribution < -0.4 is 5.32 Å². The van der Waals surface area contributed by atoms with Gasteiger partial charge in [0.05, 0.1) is 10.8 Å². The first-order valence-corrected chi connectivity index (χ1v) is 7.32. The maximum Gasteiger partial charge on any atom is 0.311 e. The van der Waals surface area contributed by atoms with E-state index in [0.717, 1.165) is 10.2 Å². The quantitative estimate of drug-likeness (QED) is 0.896. The van der Waals surface area contributed by atoms with E-state index in [1.807, 2.05) is 11.4 Å². The molecular formula is C13H15N3O3S. The Bertz CT molecular complexity index is 622. The minimum atomic E-state index is -0.774. The van der Waals surface area contributed by atoms with Crippen molar-refractivity contribution in [3.05, 3.63) is 17.8 Å². The molecule has 0 amide bonds. The second-order valence-electron chi connectivity index (χ2n) is 4.91. The number of carboxylic acids is 1. The highest BCUT2D eigenvalue weighted by molar-refractivity contribution is 7.16. The van der Waals surface area contributed by atoms with Crippen LogP contribution in [0.3, 0.4) is 0 Å². The average molecular weight is 293 g/mol. The first kappa shape index (κ1) is 13.3. The summed E-state index contributed by atoms with van der Waals surface area (Å²) in [7, 11) is 0. The van der Waals surface area contributed by atoms with E-state index in [1.165, 1.54) is 6.33 Å². The minimum absolute atomic E-state index is 0.355. The van der Waals surface area contributed by atoms with Gasteiger partial charge in [-0.1, -0.05) is 0 Å². The van der Waals surface area contributed by atoms with Gasteiger partial charge in [0.15, 0.2) is 0 Å². The Morgan fingerprint density at radius 2 is 2.25 bits per heavy atom. The molecule has 0 radical (unpaired) electrons. The van der Waals surface area contributed by atoms with Crippen LogP contribution in [0.1, 0.15) is 12.8 Å². The molecule has 2 aromatic heterocycles. The summed E-state index contributed by atoms with van der Waals surface area (Å²) in [4.78, 5) is 20.9. The number of anilines is 1. The zero-order valence-electron chi connectivity index (χ0n) is 10.8.